The summed E-state index contributed by atoms with van der Waals surface area (Å²) in [6.45, 7) is 7.30. The van der Waals surface area contributed by atoms with Crippen LogP contribution in [0.3, 0.4) is 0 Å². The Bertz CT molecular complexity index is 127. The van der Waals surface area contributed by atoms with Crippen LogP contribution in [0, 0.1) is 0 Å². The van der Waals surface area contributed by atoms with E-state index in [2.05, 4.69) is 22.6 Å². The lowest BCUT2D eigenvalue weighted by molar-refractivity contribution is -0.0400. The first-order valence-corrected chi connectivity index (χ1v) is 6.47. The van der Waals surface area contributed by atoms with Gasteiger partial charge in [0.2, 0.25) is 0 Å². The van der Waals surface area contributed by atoms with Gasteiger partial charge < -0.3 is 9.47 Å². The summed E-state index contributed by atoms with van der Waals surface area (Å²) in [5.41, 5.74) is -0.206. The summed E-state index contributed by atoms with van der Waals surface area (Å²) in [7, 11) is 0. The minimum atomic E-state index is -0.206. The van der Waals surface area contributed by atoms with Crippen molar-refractivity contribution in [1.29, 1.82) is 0 Å². The third-order valence-electron chi connectivity index (χ3n) is 1.55. The zero-order chi connectivity index (χ0) is 10.3. The summed E-state index contributed by atoms with van der Waals surface area (Å²) in [5, 5.41) is 0. The minimum absolute atomic E-state index is 0.206. The molecule has 0 rings (SSSR count). The van der Waals surface area contributed by atoms with Crippen molar-refractivity contribution in [2.45, 2.75) is 32.5 Å². The molecule has 0 N–H and O–H groups in total. The Balaban J connectivity index is 3.50. The fourth-order valence-electron chi connectivity index (χ4n) is 0.685. The van der Waals surface area contributed by atoms with E-state index < -0.39 is 0 Å². The van der Waals surface area contributed by atoms with Crippen LogP contribution in [-0.4, -0.2) is 35.2 Å². The minimum Gasteiger partial charge on any atom is -0.376 e. The van der Waals surface area contributed by atoms with E-state index in [0.717, 1.165) is 4.43 Å². The first-order chi connectivity index (χ1) is 6.04. The van der Waals surface area contributed by atoms with Crippen LogP contribution in [0.2, 0.25) is 0 Å². The Morgan fingerprint density at radius 3 is 2.38 bits per heavy atom. The Labute approximate surface area is 99.5 Å². The average molecular weight is 321 g/mol. The first kappa shape index (κ1) is 13.9. The van der Waals surface area contributed by atoms with Crippen LogP contribution in [0.25, 0.3) is 0 Å². The van der Waals surface area contributed by atoms with Crippen LogP contribution < -0.4 is 0 Å². The van der Waals surface area contributed by atoms with Gasteiger partial charge in [-0.2, -0.15) is 0 Å². The van der Waals surface area contributed by atoms with Crippen molar-refractivity contribution in [1.82, 2.24) is 0 Å². The summed E-state index contributed by atoms with van der Waals surface area (Å²) < 4.78 is 11.9. The van der Waals surface area contributed by atoms with Crippen LogP contribution in [0.15, 0.2) is 0 Å². The number of ether oxygens (including phenoxy) is 2. The van der Waals surface area contributed by atoms with Gasteiger partial charge in [-0.05, 0) is 20.8 Å². The van der Waals surface area contributed by atoms with Crippen molar-refractivity contribution in [2.24, 2.45) is 0 Å². The van der Waals surface area contributed by atoms with E-state index in [0.29, 0.717) is 19.1 Å². The second-order valence-corrected chi connectivity index (χ2v) is 4.52. The molecule has 0 saturated carbocycles. The summed E-state index contributed by atoms with van der Waals surface area (Å²) in [6, 6.07) is 0. The molecule has 0 aromatic carbocycles. The van der Waals surface area contributed by atoms with Crippen molar-refractivity contribution in [3.63, 3.8) is 0 Å². The number of hydrogen-bond donors (Lipinski definition) is 0. The molecule has 0 saturated heterocycles. The molecule has 0 aliphatic rings. The Kier molecular flexibility index (Phi) is 7.79. The van der Waals surface area contributed by atoms with Gasteiger partial charge in [0.05, 0.1) is 30.8 Å². The molecular weight excluding hydrogens is 302 g/mol. The molecule has 0 bridgehead atoms. The third kappa shape index (κ3) is 6.94. The number of hydrogen-bond acceptors (Lipinski definition) is 2. The highest BCUT2D eigenvalue weighted by Crippen LogP contribution is 2.15. The second-order valence-electron chi connectivity index (χ2n) is 3.49. The molecule has 0 aliphatic heterocycles. The van der Waals surface area contributed by atoms with Gasteiger partial charge in [-0.15, -0.1) is 11.6 Å². The summed E-state index contributed by atoms with van der Waals surface area (Å²) in [5.74, 6) is 0.525. The number of halogens is 2. The Morgan fingerprint density at radius 1 is 1.38 bits per heavy atom. The zero-order valence-electron chi connectivity index (χ0n) is 8.48. The standard InChI is InChI=1S/C9H18ClIO2/c1-8(2)12-4-5-13-9(3,6-10)7-11/h8H,4-7H2,1-3H3. The van der Waals surface area contributed by atoms with Gasteiger partial charge >= 0.3 is 0 Å². The predicted octanol–water partition coefficient (Wildman–Crippen LogP) is 2.86. The quantitative estimate of drug-likeness (QED) is 0.408. The molecule has 80 valence electrons. The van der Waals surface area contributed by atoms with Crippen molar-refractivity contribution in [2.75, 3.05) is 23.5 Å². The highest BCUT2D eigenvalue weighted by Gasteiger charge is 2.21. The lowest BCUT2D eigenvalue weighted by Gasteiger charge is -2.25. The molecule has 2 nitrogen and oxygen atoms in total. The van der Waals surface area contributed by atoms with E-state index >= 15 is 0 Å². The fraction of sp³-hybridized carbons (Fsp3) is 1.00. The van der Waals surface area contributed by atoms with Crippen molar-refractivity contribution in [3.05, 3.63) is 0 Å². The van der Waals surface area contributed by atoms with Crippen LogP contribution in [0.1, 0.15) is 20.8 Å². The van der Waals surface area contributed by atoms with E-state index in [4.69, 9.17) is 21.1 Å². The average Bonchev–Trinajstić information content (AvgIpc) is 2.12. The summed E-state index contributed by atoms with van der Waals surface area (Å²) in [6.07, 6.45) is 0.269. The Hall–Kier alpha value is 0.940. The van der Waals surface area contributed by atoms with Gasteiger partial charge in [0.15, 0.2) is 0 Å². The van der Waals surface area contributed by atoms with Gasteiger partial charge in [-0.3, -0.25) is 0 Å². The van der Waals surface area contributed by atoms with E-state index in [-0.39, 0.29) is 11.7 Å². The molecule has 1 unspecified atom stereocenters. The van der Waals surface area contributed by atoms with Gasteiger partial charge in [0.25, 0.3) is 0 Å². The maximum atomic E-state index is 5.78. The maximum Gasteiger partial charge on any atom is 0.0879 e. The summed E-state index contributed by atoms with van der Waals surface area (Å²) in [4.78, 5) is 0. The molecule has 1 atom stereocenters. The van der Waals surface area contributed by atoms with E-state index in [1.165, 1.54) is 0 Å². The lowest BCUT2D eigenvalue weighted by atomic mass is 10.2. The predicted molar refractivity (Wildman–Crippen MR) is 65.1 cm³/mol. The Morgan fingerprint density at radius 2 is 2.00 bits per heavy atom. The summed E-state index contributed by atoms with van der Waals surface area (Å²) >= 11 is 8.06. The highest BCUT2D eigenvalue weighted by molar-refractivity contribution is 14.1. The molecular formula is C9H18ClIO2. The number of rotatable bonds is 7. The lowest BCUT2D eigenvalue weighted by Crippen LogP contribution is -2.34. The van der Waals surface area contributed by atoms with Crippen molar-refractivity contribution < 1.29 is 9.47 Å². The van der Waals surface area contributed by atoms with Crippen LogP contribution in [-0.2, 0) is 9.47 Å². The van der Waals surface area contributed by atoms with Crippen molar-refractivity contribution >= 4 is 34.2 Å². The molecule has 0 radical (unpaired) electrons. The topological polar surface area (TPSA) is 18.5 Å². The van der Waals surface area contributed by atoms with Gasteiger partial charge in [-0.25, -0.2) is 0 Å². The zero-order valence-corrected chi connectivity index (χ0v) is 11.4. The van der Waals surface area contributed by atoms with E-state index in [1.807, 2.05) is 20.8 Å². The molecule has 0 aromatic rings. The largest absolute Gasteiger partial charge is 0.376 e. The SMILES string of the molecule is CC(C)OCCOC(C)(CCl)CI. The van der Waals surface area contributed by atoms with Gasteiger partial charge in [-0.1, -0.05) is 22.6 Å². The maximum absolute atomic E-state index is 5.78. The van der Waals surface area contributed by atoms with Crippen LogP contribution in [0.5, 0.6) is 0 Å². The normalized spacial score (nSPS) is 16.2. The monoisotopic (exact) mass is 320 g/mol. The van der Waals surface area contributed by atoms with Gasteiger partial charge in [0.1, 0.15) is 0 Å². The smallest absolute Gasteiger partial charge is 0.0879 e. The molecule has 4 heteroatoms. The first-order valence-electron chi connectivity index (χ1n) is 4.41. The molecule has 0 aromatic heterocycles. The second kappa shape index (κ2) is 7.26. The highest BCUT2D eigenvalue weighted by atomic mass is 127. The molecule has 0 spiro atoms. The molecule has 0 heterocycles. The van der Waals surface area contributed by atoms with Crippen molar-refractivity contribution in [3.8, 4) is 0 Å². The third-order valence-corrected chi connectivity index (χ3v) is 3.73. The van der Waals surface area contributed by atoms with Crippen LogP contribution in [0.4, 0.5) is 0 Å². The van der Waals surface area contributed by atoms with Crippen LogP contribution >= 0.6 is 34.2 Å². The van der Waals surface area contributed by atoms with E-state index in [9.17, 15) is 0 Å². The van der Waals surface area contributed by atoms with E-state index in [1.54, 1.807) is 0 Å². The number of alkyl halides is 2. The molecule has 0 fully saturated rings. The molecule has 0 aliphatic carbocycles. The fourth-order valence-corrected chi connectivity index (χ4v) is 1.67. The van der Waals surface area contributed by atoms with Gasteiger partial charge in [0, 0.05) is 4.43 Å². The molecule has 0 amide bonds. The molecule has 13 heavy (non-hydrogen) atoms.